The lowest BCUT2D eigenvalue weighted by Gasteiger charge is -2.16. The Labute approximate surface area is 145 Å². The number of halogens is 2. The summed E-state index contributed by atoms with van der Waals surface area (Å²) in [4.78, 5) is 25.5. The van der Waals surface area contributed by atoms with Gasteiger partial charge in [-0.3, -0.25) is 9.59 Å². The summed E-state index contributed by atoms with van der Waals surface area (Å²) < 4.78 is 34.1. The van der Waals surface area contributed by atoms with E-state index in [1.54, 1.807) is 26.2 Å². The molecule has 0 aliphatic carbocycles. The second kappa shape index (κ2) is 9.77. The number of carbonyl (C=O) groups excluding carboxylic acids is 2. The molecule has 0 radical (unpaired) electrons. The molecule has 1 rings (SSSR count). The monoisotopic (exact) mass is 360 g/mol. The highest BCUT2D eigenvalue weighted by atomic mass is 19.3. The van der Waals surface area contributed by atoms with Crippen LogP contribution in [0.2, 0.25) is 0 Å². The van der Waals surface area contributed by atoms with Crippen LogP contribution in [0, 0.1) is 0 Å². The molecule has 1 unspecified atom stereocenters. The molecule has 2 amide bonds. The first-order valence-electron chi connectivity index (χ1n) is 7.62. The van der Waals surface area contributed by atoms with Crippen molar-refractivity contribution in [3.8, 4) is 11.5 Å². The molecule has 1 aromatic rings. The average molecular weight is 360 g/mol. The first-order chi connectivity index (χ1) is 11.7. The molecule has 1 atom stereocenters. The normalized spacial score (nSPS) is 11.8. The number of nitrogens with zero attached hydrogens (tertiary/aromatic N) is 1. The van der Waals surface area contributed by atoms with E-state index in [1.165, 1.54) is 18.1 Å². The van der Waals surface area contributed by atoms with Gasteiger partial charge in [-0.15, -0.1) is 0 Å². The highest BCUT2D eigenvalue weighted by molar-refractivity contribution is 5.84. The van der Waals surface area contributed by atoms with Crippen molar-refractivity contribution in [2.75, 3.05) is 41.3 Å². The van der Waals surface area contributed by atoms with E-state index in [4.69, 9.17) is 4.74 Å². The summed E-state index contributed by atoms with van der Waals surface area (Å²) >= 11 is 0. The molecule has 0 aromatic heterocycles. The number of alkyl halides is 2. The quantitative estimate of drug-likeness (QED) is 0.624. The van der Waals surface area contributed by atoms with Gasteiger partial charge in [0.1, 0.15) is 6.54 Å². The summed E-state index contributed by atoms with van der Waals surface area (Å²) in [6.45, 7) is -2.34. The summed E-state index contributed by atoms with van der Waals surface area (Å²) in [5.74, 6) is -0.284. The van der Waals surface area contributed by atoms with E-state index in [9.17, 15) is 18.4 Å². The third-order valence-electron chi connectivity index (χ3n) is 3.35. The number of carbonyl (C=O) groups is 2. The van der Waals surface area contributed by atoms with Crippen molar-refractivity contribution in [2.24, 2.45) is 0 Å². The topological polar surface area (TPSA) is 72.3 Å². The van der Waals surface area contributed by atoms with E-state index in [2.05, 4.69) is 10.1 Å². The molecule has 140 valence electrons. The fourth-order valence-electron chi connectivity index (χ4n) is 2.10. The second-order valence-electron chi connectivity index (χ2n) is 5.74. The zero-order valence-corrected chi connectivity index (χ0v) is 14.8. The zero-order chi connectivity index (χ0) is 19.0. The Balaban J connectivity index is 2.57. The Kier molecular flexibility index (Phi) is 8.06. The van der Waals surface area contributed by atoms with Crippen molar-refractivity contribution in [2.45, 2.75) is 13.2 Å². The minimum Gasteiger partial charge on any atom is -0.493 e. The molecule has 7 nitrogen and oxygen atoms in total. The number of hydrogen-bond donors (Lipinski definition) is 2. The predicted molar refractivity (Wildman–Crippen MR) is 86.8 cm³/mol. The summed E-state index contributed by atoms with van der Waals surface area (Å²) in [5, 5.41) is 2.55. The average Bonchev–Trinajstić information content (AvgIpc) is 2.53. The molecular weight excluding hydrogens is 336 g/mol. The molecule has 0 aliphatic rings. The van der Waals surface area contributed by atoms with Gasteiger partial charge in [-0.25, -0.2) is 0 Å². The fraction of sp³-hybridized carbons (Fsp3) is 0.500. The minimum atomic E-state index is -2.93. The SMILES string of the molecule is COc1cc(C[NH+](C)CC(=O)NCC(=O)N(C)C)ccc1OC(F)F. The zero-order valence-electron chi connectivity index (χ0n) is 14.8. The van der Waals surface area contributed by atoms with Crippen LogP contribution in [0.25, 0.3) is 0 Å². The van der Waals surface area contributed by atoms with Crippen LogP contribution >= 0.6 is 0 Å². The van der Waals surface area contributed by atoms with Crippen LogP contribution in [0.1, 0.15) is 5.56 Å². The Hall–Kier alpha value is -2.42. The lowest BCUT2D eigenvalue weighted by Crippen LogP contribution is -3.08. The highest BCUT2D eigenvalue weighted by Gasteiger charge is 2.15. The lowest BCUT2D eigenvalue weighted by atomic mass is 10.2. The molecule has 0 bridgehead atoms. The standard InChI is InChI=1S/C16H23F2N3O4/c1-20(2)15(23)8-19-14(22)10-21(3)9-11-5-6-12(25-16(17)18)13(7-11)24-4/h5-7,16H,8-10H2,1-4H3,(H,19,22)/p+1. The van der Waals surface area contributed by atoms with Gasteiger partial charge in [0.15, 0.2) is 18.0 Å². The molecular formula is C16H24F2N3O4+. The number of methoxy groups -OCH3 is 1. The van der Waals surface area contributed by atoms with Crippen molar-refractivity contribution in [3.63, 3.8) is 0 Å². The van der Waals surface area contributed by atoms with Gasteiger partial charge < -0.3 is 24.6 Å². The molecule has 0 saturated carbocycles. The highest BCUT2D eigenvalue weighted by Crippen LogP contribution is 2.29. The van der Waals surface area contributed by atoms with Gasteiger partial charge in [0, 0.05) is 19.7 Å². The third kappa shape index (κ3) is 7.34. The van der Waals surface area contributed by atoms with E-state index >= 15 is 0 Å². The number of ether oxygens (including phenoxy) is 2. The number of amides is 2. The predicted octanol–water partition coefficient (Wildman–Crippen LogP) is -0.484. The van der Waals surface area contributed by atoms with Gasteiger partial charge in [0.2, 0.25) is 5.91 Å². The molecule has 0 heterocycles. The van der Waals surface area contributed by atoms with Crippen LogP contribution in [0.4, 0.5) is 8.78 Å². The number of hydrogen-bond acceptors (Lipinski definition) is 4. The van der Waals surface area contributed by atoms with Crippen LogP contribution in [-0.4, -0.2) is 64.7 Å². The maximum atomic E-state index is 12.3. The van der Waals surface area contributed by atoms with E-state index < -0.39 is 6.61 Å². The van der Waals surface area contributed by atoms with Gasteiger partial charge in [0.05, 0.1) is 20.7 Å². The van der Waals surface area contributed by atoms with E-state index in [-0.39, 0.29) is 36.4 Å². The molecule has 1 aromatic carbocycles. The first kappa shape index (κ1) is 20.6. The van der Waals surface area contributed by atoms with Crippen molar-refractivity contribution in [3.05, 3.63) is 23.8 Å². The minimum absolute atomic E-state index is 0.0427. The van der Waals surface area contributed by atoms with Crippen molar-refractivity contribution in [1.29, 1.82) is 0 Å². The van der Waals surface area contributed by atoms with E-state index in [1.807, 2.05) is 7.05 Å². The first-order valence-corrected chi connectivity index (χ1v) is 7.62. The summed E-state index contributed by atoms with van der Waals surface area (Å²) in [7, 11) is 6.40. The van der Waals surface area contributed by atoms with Crippen molar-refractivity contribution >= 4 is 11.8 Å². The Morgan fingerprint density at radius 3 is 2.52 bits per heavy atom. The van der Waals surface area contributed by atoms with Crippen molar-refractivity contribution < 1.29 is 32.7 Å². The smallest absolute Gasteiger partial charge is 0.387 e. The van der Waals surface area contributed by atoms with Crippen LogP contribution in [0.3, 0.4) is 0 Å². The van der Waals surface area contributed by atoms with E-state index in [0.717, 1.165) is 10.5 Å². The third-order valence-corrected chi connectivity index (χ3v) is 3.35. The molecule has 0 aliphatic heterocycles. The molecule has 25 heavy (non-hydrogen) atoms. The lowest BCUT2D eigenvalue weighted by molar-refractivity contribution is -0.885. The summed E-state index contributed by atoms with van der Waals surface area (Å²) in [6.07, 6.45) is 0. The molecule has 0 spiro atoms. The van der Waals surface area contributed by atoms with Crippen LogP contribution in [-0.2, 0) is 16.1 Å². The molecule has 9 heteroatoms. The van der Waals surface area contributed by atoms with Gasteiger partial charge in [-0.05, 0) is 18.2 Å². The van der Waals surface area contributed by atoms with Crippen LogP contribution in [0.5, 0.6) is 11.5 Å². The van der Waals surface area contributed by atoms with Crippen molar-refractivity contribution in [1.82, 2.24) is 10.2 Å². The maximum Gasteiger partial charge on any atom is 0.387 e. The Bertz CT molecular complexity index is 597. The number of likely N-dealkylation sites (N-methyl/N-ethyl adjacent to an activating group) is 2. The summed E-state index contributed by atoms with van der Waals surface area (Å²) in [5.41, 5.74) is 0.799. The largest absolute Gasteiger partial charge is 0.493 e. The van der Waals surface area contributed by atoms with E-state index in [0.29, 0.717) is 6.54 Å². The number of quaternary nitrogens is 1. The van der Waals surface area contributed by atoms with Gasteiger partial charge in [0.25, 0.3) is 5.91 Å². The second-order valence-corrected chi connectivity index (χ2v) is 5.74. The molecule has 0 fully saturated rings. The number of benzene rings is 1. The molecule has 0 saturated heterocycles. The number of rotatable bonds is 9. The number of nitrogens with one attached hydrogen (secondary N) is 2. The van der Waals surface area contributed by atoms with Gasteiger partial charge >= 0.3 is 6.61 Å². The van der Waals surface area contributed by atoms with Gasteiger partial charge in [-0.1, -0.05) is 0 Å². The Morgan fingerprint density at radius 2 is 1.96 bits per heavy atom. The summed E-state index contributed by atoms with van der Waals surface area (Å²) in [6, 6.07) is 4.63. The van der Waals surface area contributed by atoms with Crippen LogP contribution in [0.15, 0.2) is 18.2 Å². The van der Waals surface area contributed by atoms with Crippen LogP contribution < -0.4 is 19.7 Å². The Morgan fingerprint density at radius 1 is 1.28 bits per heavy atom. The maximum absolute atomic E-state index is 12.3. The molecule has 2 N–H and O–H groups in total. The fourth-order valence-corrected chi connectivity index (χ4v) is 2.10. The van der Waals surface area contributed by atoms with Gasteiger partial charge in [-0.2, -0.15) is 8.78 Å².